The molecule has 0 aromatic rings. The zero-order chi connectivity index (χ0) is 13.1. The van der Waals surface area contributed by atoms with Gasteiger partial charge >= 0.3 is 0 Å². The number of nitrogens with one attached hydrogen (secondary N) is 1. The molecule has 1 atom stereocenters. The third-order valence-electron chi connectivity index (χ3n) is 4.67. The first-order valence-corrected chi connectivity index (χ1v) is 7.69. The van der Waals surface area contributed by atoms with Gasteiger partial charge in [0.2, 0.25) is 5.91 Å². The summed E-state index contributed by atoms with van der Waals surface area (Å²) < 4.78 is 5.44. The minimum atomic E-state index is 0. The molecule has 0 bridgehead atoms. The number of ether oxygens (including phenoxy) is 1. The van der Waals surface area contributed by atoms with Crippen molar-refractivity contribution in [3.05, 3.63) is 0 Å². The van der Waals surface area contributed by atoms with Crippen LogP contribution in [0.4, 0.5) is 0 Å². The van der Waals surface area contributed by atoms with Gasteiger partial charge < -0.3 is 15.0 Å². The van der Waals surface area contributed by atoms with Crippen molar-refractivity contribution in [2.75, 3.05) is 45.9 Å². The van der Waals surface area contributed by atoms with Gasteiger partial charge in [0, 0.05) is 45.4 Å². The van der Waals surface area contributed by atoms with Crippen LogP contribution in [-0.2, 0) is 9.53 Å². The number of carbonyl (C=O) groups excluding carboxylic acids is 1. The molecule has 116 valence electrons. The van der Waals surface area contributed by atoms with Crippen molar-refractivity contribution in [2.24, 2.45) is 0 Å². The van der Waals surface area contributed by atoms with Gasteiger partial charge in [-0.3, -0.25) is 9.69 Å². The topological polar surface area (TPSA) is 44.8 Å². The molecule has 0 saturated carbocycles. The largest absolute Gasteiger partial charge is 0.381 e. The highest BCUT2D eigenvalue weighted by Crippen LogP contribution is 2.26. The molecule has 0 aliphatic carbocycles. The van der Waals surface area contributed by atoms with Crippen molar-refractivity contribution in [3.63, 3.8) is 0 Å². The van der Waals surface area contributed by atoms with Crippen LogP contribution in [0.15, 0.2) is 0 Å². The molecule has 3 rings (SSSR count). The second-order valence-corrected chi connectivity index (χ2v) is 5.81. The summed E-state index contributed by atoms with van der Waals surface area (Å²) in [4.78, 5) is 17.2. The fourth-order valence-corrected chi connectivity index (χ4v) is 3.60. The lowest BCUT2D eigenvalue weighted by atomic mass is 10.1. The van der Waals surface area contributed by atoms with Gasteiger partial charge in [0.15, 0.2) is 0 Å². The lowest BCUT2D eigenvalue weighted by molar-refractivity contribution is -0.138. The smallest absolute Gasteiger partial charge is 0.240 e. The van der Waals surface area contributed by atoms with E-state index in [1.807, 2.05) is 0 Å². The van der Waals surface area contributed by atoms with E-state index in [0.717, 1.165) is 65.2 Å². The van der Waals surface area contributed by atoms with E-state index in [1.54, 1.807) is 0 Å². The van der Waals surface area contributed by atoms with Crippen molar-refractivity contribution < 1.29 is 9.53 Å². The molecule has 3 fully saturated rings. The molecule has 1 unspecified atom stereocenters. The number of rotatable bonds is 2. The number of nitrogens with zero attached hydrogens (tertiary/aromatic N) is 2. The van der Waals surface area contributed by atoms with E-state index >= 15 is 0 Å². The quantitative estimate of drug-likeness (QED) is 0.806. The van der Waals surface area contributed by atoms with Crippen molar-refractivity contribution in [1.29, 1.82) is 0 Å². The second-order valence-electron chi connectivity index (χ2n) is 5.81. The summed E-state index contributed by atoms with van der Waals surface area (Å²) in [5.74, 6) is 0.366. The van der Waals surface area contributed by atoms with Crippen LogP contribution in [0.3, 0.4) is 0 Å². The monoisotopic (exact) mass is 303 g/mol. The van der Waals surface area contributed by atoms with Crippen molar-refractivity contribution >= 4 is 18.3 Å². The number of halogens is 1. The van der Waals surface area contributed by atoms with E-state index < -0.39 is 0 Å². The summed E-state index contributed by atoms with van der Waals surface area (Å²) in [5.41, 5.74) is 0. The highest BCUT2D eigenvalue weighted by Gasteiger charge is 2.38. The molecule has 1 N–H and O–H groups in total. The minimum Gasteiger partial charge on any atom is -0.381 e. The number of hydrogen-bond acceptors (Lipinski definition) is 4. The number of amides is 1. The molecular weight excluding hydrogens is 278 g/mol. The predicted octanol–water partition coefficient (Wildman–Crippen LogP) is 0.483. The average Bonchev–Trinajstić information content (AvgIpc) is 2.98. The molecule has 3 heterocycles. The molecule has 0 spiro atoms. The van der Waals surface area contributed by atoms with Gasteiger partial charge in [-0.25, -0.2) is 0 Å². The zero-order valence-corrected chi connectivity index (χ0v) is 12.9. The number of piperazine rings is 1. The Bertz CT molecular complexity index is 318. The Morgan fingerprint density at radius 1 is 1.05 bits per heavy atom. The van der Waals surface area contributed by atoms with Gasteiger partial charge in [0.05, 0.1) is 6.04 Å². The van der Waals surface area contributed by atoms with Gasteiger partial charge in [-0.05, 0) is 32.2 Å². The molecule has 3 aliphatic heterocycles. The van der Waals surface area contributed by atoms with Crippen LogP contribution in [0.25, 0.3) is 0 Å². The Kier molecular flexibility index (Phi) is 6.08. The minimum absolute atomic E-state index is 0. The fraction of sp³-hybridized carbons (Fsp3) is 0.929. The molecule has 0 aromatic heterocycles. The fourth-order valence-electron chi connectivity index (χ4n) is 3.60. The van der Waals surface area contributed by atoms with Crippen LogP contribution < -0.4 is 5.32 Å². The van der Waals surface area contributed by atoms with Crippen LogP contribution in [-0.4, -0.2) is 73.7 Å². The molecule has 3 aliphatic rings. The Morgan fingerprint density at radius 2 is 1.75 bits per heavy atom. The van der Waals surface area contributed by atoms with Gasteiger partial charge in [0.1, 0.15) is 0 Å². The van der Waals surface area contributed by atoms with Crippen molar-refractivity contribution in [2.45, 2.75) is 37.8 Å². The predicted molar refractivity (Wildman–Crippen MR) is 80.3 cm³/mol. The Balaban J connectivity index is 0.00000147. The second kappa shape index (κ2) is 7.59. The summed E-state index contributed by atoms with van der Waals surface area (Å²) in [7, 11) is 0. The van der Waals surface area contributed by atoms with Gasteiger partial charge in [0.25, 0.3) is 0 Å². The number of hydrogen-bond donors (Lipinski definition) is 1. The van der Waals surface area contributed by atoms with E-state index in [2.05, 4.69) is 15.1 Å². The summed E-state index contributed by atoms with van der Waals surface area (Å²) in [6.45, 7) is 6.43. The van der Waals surface area contributed by atoms with Crippen LogP contribution >= 0.6 is 12.4 Å². The molecule has 0 radical (unpaired) electrons. The highest BCUT2D eigenvalue weighted by molar-refractivity contribution is 5.85. The number of carbonyl (C=O) groups is 1. The normalized spacial score (nSPS) is 29.2. The standard InChI is InChI=1S/C14H25N3O2.ClH/c18-14(16-8-5-15-6-9-16)13-2-1-7-17(13)12-3-10-19-11-4-12;/h12-13,15H,1-11H2;1H. The van der Waals surface area contributed by atoms with Gasteiger partial charge in [-0.2, -0.15) is 0 Å². The maximum absolute atomic E-state index is 12.7. The highest BCUT2D eigenvalue weighted by atomic mass is 35.5. The van der Waals surface area contributed by atoms with E-state index in [9.17, 15) is 4.79 Å². The Hall–Kier alpha value is -0.360. The van der Waals surface area contributed by atoms with E-state index in [1.165, 1.54) is 6.42 Å². The maximum Gasteiger partial charge on any atom is 0.240 e. The lowest BCUT2D eigenvalue weighted by Gasteiger charge is -2.37. The Morgan fingerprint density at radius 3 is 2.45 bits per heavy atom. The first-order valence-electron chi connectivity index (χ1n) is 7.69. The summed E-state index contributed by atoms with van der Waals surface area (Å²) >= 11 is 0. The Labute approximate surface area is 127 Å². The summed E-state index contributed by atoms with van der Waals surface area (Å²) in [6.07, 6.45) is 4.39. The average molecular weight is 304 g/mol. The molecular formula is C14H26ClN3O2. The lowest BCUT2D eigenvalue weighted by Crippen LogP contribution is -2.54. The van der Waals surface area contributed by atoms with Crippen molar-refractivity contribution in [3.8, 4) is 0 Å². The zero-order valence-electron chi connectivity index (χ0n) is 12.1. The molecule has 5 nitrogen and oxygen atoms in total. The third-order valence-corrected chi connectivity index (χ3v) is 4.67. The van der Waals surface area contributed by atoms with Crippen LogP contribution in [0.2, 0.25) is 0 Å². The van der Waals surface area contributed by atoms with Crippen LogP contribution in [0.1, 0.15) is 25.7 Å². The summed E-state index contributed by atoms with van der Waals surface area (Å²) in [6, 6.07) is 0.703. The third kappa shape index (κ3) is 3.45. The van der Waals surface area contributed by atoms with Crippen molar-refractivity contribution in [1.82, 2.24) is 15.1 Å². The first-order chi connectivity index (χ1) is 9.36. The number of likely N-dealkylation sites (tertiary alicyclic amines) is 1. The molecule has 6 heteroatoms. The van der Waals surface area contributed by atoms with Crippen LogP contribution in [0, 0.1) is 0 Å². The van der Waals surface area contributed by atoms with E-state index in [0.29, 0.717) is 11.9 Å². The maximum atomic E-state index is 12.7. The van der Waals surface area contributed by atoms with Gasteiger partial charge in [-0.15, -0.1) is 12.4 Å². The molecule has 0 aromatic carbocycles. The summed E-state index contributed by atoms with van der Waals surface area (Å²) in [5, 5.41) is 3.31. The molecule has 20 heavy (non-hydrogen) atoms. The van der Waals surface area contributed by atoms with E-state index in [-0.39, 0.29) is 18.4 Å². The molecule has 1 amide bonds. The SMILES string of the molecule is Cl.O=C(C1CCCN1C1CCOCC1)N1CCNCC1. The van der Waals surface area contributed by atoms with E-state index in [4.69, 9.17) is 4.74 Å². The first kappa shape index (κ1) is 16.0. The van der Waals surface area contributed by atoms with Gasteiger partial charge in [-0.1, -0.05) is 0 Å². The van der Waals surface area contributed by atoms with Crippen LogP contribution in [0.5, 0.6) is 0 Å². The molecule has 3 saturated heterocycles.